The lowest BCUT2D eigenvalue weighted by Crippen LogP contribution is -2.21. The van der Waals surface area contributed by atoms with Gasteiger partial charge in [0.25, 0.3) is 5.91 Å². The molecule has 0 aliphatic rings. The Bertz CT molecular complexity index is 630. The standard InChI is InChI=1S/C15H18ClN5O/c1-21(2)8-7-17-14-10-18-13(9-19-14)15(22)20-12-6-4-3-5-11(12)16/h3-6,9-10H,7-8H2,1-2H3,(H,17,19)(H,20,22). The lowest BCUT2D eigenvalue weighted by Gasteiger charge is -2.10. The van der Waals surface area contributed by atoms with Gasteiger partial charge in [-0.05, 0) is 26.2 Å². The van der Waals surface area contributed by atoms with Crippen molar-refractivity contribution in [2.24, 2.45) is 0 Å². The first kappa shape index (κ1) is 16.2. The number of benzene rings is 1. The number of para-hydroxylation sites is 1. The lowest BCUT2D eigenvalue weighted by atomic mass is 10.3. The molecule has 2 N–H and O–H groups in total. The highest BCUT2D eigenvalue weighted by atomic mass is 35.5. The molecule has 6 nitrogen and oxygen atoms in total. The van der Waals surface area contributed by atoms with E-state index in [0.29, 0.717) is 16.5 Å². The molecule has 0 radical (unpaired) electrons. The van der Waals surface area contributed by atoms with E-state index in [2.05, 4.69) is 25.5 Å². The first-order valence-electron chi connectivity index (χ1n) is 6.83. The minimum atomic E-state index is -0.347. The fourth-order valence-corrected chi connectivity index (χ4v) is 1.88. The third-order valence-electron chi connectivity index (χ3n) is 2.87. The van der Waals surface area contributed by atoms with Crippen LogP contribution in [0.5, 0.6) is 0 Å². The largest absolute Gasteiger partial charge is 0.368 e. The molecule has 22 heavy (non-hydrogen) atoms. The normalized spacial score (nSPS) is 10.5. The van der Waals surface area contributed by atoms with Crippen molar-refractivity contribution in [2.45, 2.75) is 0 Å². The summed E-state index contributed by atoms with van der Waals surface area (Å²) in [5.41, 5.74) is 0.780. The number of nitrogens with zero attached hydrogens (tertiary/aromatic N) is 3. The summed E-state index contributed by atoms with van der Waals surface area (Å²) < 4.78 is 0. The fourth-order valence-electron chi connectivity index (χ4n) is 1.69. The highest BCUT2D eigenvalue weighted by Gasteiger charge is 2.10. The molecule has 2 aromatic rings. The molecule has 0 unspecified atom stereocenters. The summed E-state index contributed by atoms with van der Waals surface area (Å²) in [5.74, 6) is 0.289. The van der Waals surface area contributed by atoms with Crippen molar-refractivity contribution in [3.63, 3.8) is 0 Å². The Labute approximate surface area is 134 Å². The molecule has 0 aliphatic heterocycles. The second-order valence-corrected chi connectivity index (χ2v) is 5.36. The molecule has 7 heteroatoms. The first-order chi connectivity index (χ1) is 10.6. The molecular formula is C15H18ClN5O. The van der Waals surface area contributed by atoms with E-state index in [1.165, 1.54) is 12.4 Å². The molecule has 2 rings (SSSR count). The van der Waals surface area contributed by atoms with Crippen LogP contribution in [0.25, 0.3) is 0 Å². The second-order valence-electron chi connectivity index (χ2n) is 4.95. The molecule has 0 spiro atoms. The van der Waals surface area contributed by atoms with E-state index in [4.69, 9.17) is 11.6 Å². The van der Waals surface area contributed by atoms with Crippen LogP contribution in [0.15, 0.2) is 36.7 Å². The Kier molecular flexibility index (Phi) is 5.68. The quantitative estimate of drug-likeness (QED) is 0.855. The van der Waals surface area contributed by atoms with Gasteiger partial charge >= 0.3 is 0 Å². The highest BCUT2D eigenvalue weighted by molar-refractivity contribution is 6.33. The van der Waals surface area contributed by atoms with Crippen molar-refractivity contribution in [3.8, 4) is 0 Å². The number of hydrogen-bond acceptors (Lipinski definition) is 5. The van der Waals surface area contributed by atoms with Crippen LogP contribution in [0, 0.1) is 0 Å². The average molecular weight is 320 g/mol. The summed E-state index contributed by atoms with van der Waals surface area (Å²) in [6.45, 7) is 1.64. The van der Waals surface area contributed by atoms with Crippen LogP contribution in [-0.4, -0.2) is 48.0 Å². The van der Waals surface area contributed by atoms with Gasteiger partial charge < -0.3 is 15.5 Å². The zero-order valence-electron chi connectivity index (χ0n) is 12.5. The Hall–Kier alpha value is -2.18. The molecule has 0 saturated heterocycles. The van der Waals surface area contributed by atoms with Gasteiger partial charge in [0.15, 0.2) is 0 Å². The molecule has 1 aromatic heterocycles. The van der Waals surface area contributed by atoms with Gasteiger partial charge in [0.05, 0.1) is 23.1 Å². The zero-order chi connectivity index (χ0) is 15.9. The van der Waals surface area contributed by atoms with E-state index < -0.39 is 0 Å². The number of hydrogen-bond donors (Lipinski definition) is 2. The number of nitrogens with one attached hydrogen (secondary N) is 2. The number of anilines is 2. The molecule has 116 valence electrons. The fraction of sp³-hybridized carbons (Fsp3) is 0.267. The third-order valence-corrected chi connectivity index (χ3v) is 3.20. The molecule has 0 saturated carbocycles. The monoisotopic (exact) mass is 319 g/mol. The molecule has 1 aromatic carbocycles. The summed E-state index contributed by atoms with van der Waals surface area (Å²) in [4.78, 5) is 22.4. The van der Waals surface area contributed by atoms with E-state index in [-0.39, 0.29) is 11.6 Å². The van der Waals surface area contributed by atoms with Crippen LogP contribution in [0.2, 0.25) is 5.02 Å². The van der Waals surface area contributed by atoms with Crippen LogP contribution in [0.4, 0.5) is 11.5 Å². The van der Waals surface area contributed by atoms with Gasteiger partial charge in [0.2, 0.25) is 0 Å². The number of likely N-dealkylation sites (N-methyl/N-ethyl adjacent to an activating group) is 1. The van der Waals surface area contributed by atoms with Crippen molar-refractivity contribution in [1.82, 2.24) is 14.9 Å². The summed E-state index contributed by atoms with van der Waals surface area (Å²) >= 11 is 6.00. The maximum atomic E-state index is 12.1. The van der Waals surface area contributed by atoms with E-state index >= 15 is 0 Å². The van der Waals surface area contributed by atoms with Crippen molar-refractivity contribution >= 4 is 29.0 Å². The Morgan fingerprint density at radius 3 is 2.64 bits per heavy atom. The number of carbonyl (C=O) groups is 1. The molecular weight excluding hydrogens is 302 g/mol. The number of amides is 1. The second kappa shape index (κ2) is 7.72. The molecule has 0 bridgehead atoms. The number of halogens is 1. The van der Waals surface area contributed by atoms with E-state index in [1.54, 1.807) is 24.3 Å². The lowest BCUT2D eigenvalue weighted by molar-refractivity contribution is 0.102. The van der Waals surface area contributed by atoms with Crippen molar-refractivity contribution in [1.29, 1.82) is 0 Å². The average Bonchev–Trinajstić information content (AvgIpc) is 2.50. The molecule has 0 atom stereocenters. The smallest absolute Gasteiger partial charge is 0.275 e. The summed E-state index contributed by atoms with van der Waals surface area (Å²) in [6.07, 6.45) is 2.97. The topological polar surface area (TPSA) is 70.2 Å². The summed E-state index contributed by atoms with van der Waals surface area (Å²) in [5, 5.41) is 6.31. The maximum absolute atomic E-state index is 12.1. The summed E-state index contributed by atoms with van der Waals surface area (Å²) in [6, 6.07) is 7.03. The van der Waals surface area contributed by atoms with Gasteiger partial charge in [-0.15, -0.1) is 0 Å². The minimum absolute atomic E-state index is 0.234. The number of carbonyl (C=O) groups excluding carboxylic acids is 1. The van der Waals surface area contributed by atoms with Crippen LogP contribution in [-0.2, 0) is 0 Å². The van der Waals surface area contributed by atoms with Gasteiger partial charge in [-0.3, -0.25) is 4.79 Å². The summed E-state index contributed by atoms with van der Waals surface area (Å²) in [7, 11) is 3.99. The number of aromatic nitrogens is 2. The van der Waals surface area contributed by atoms with Gasteiger partial charge in [-0.25, -0.2) is 9.97 Å². The number of rotatable bonds is 6. The van der Waals surface area contributed by atoms with Crippen LogP contribution in [0.3, 0.4) is 0 Å². The van der Waals surface area contributed by atoms with E-state index in [1.807, 2.05) is 14.1 Å². The Balaban J connectivity index is 1.95. The zero-order valence-corrected chi connectivity index (χ0v) is 13.3. The van der Waals surface area contributed by atoms with Crippen molar-refractivity contribution in [2.75, 3.05) is 37.8 Å². The van der Waals surface area contributed by atoms with E-state index in [9.17, 15) is 4.79 Å². The Morgan fingerprint density at radius 1 is 1.23 bits per heavy atom. The maximum Gasteiger partial charge on any atom is 0.275 e. The van der Waals surface area contributed by atoms with Gasteiger partial charge in [-0.1, -0.05) is 23.7 Å². The molecule has 1 heterocycles. The first-order valence-corrected chi connectivity index (χ1v) is 7.20. The van der Waals surface area contributed by atoms with Gasteiger partial charge in [-0.2, -0.15) is 0 Å². The van der Waals surface area contributed by atoms with Crippen LogP contribution in [0.1, 0.15) is 10.5 Å². The SMILES string of the molecule is CN(C)CCNc1cnc(C(=O)Nc2ccccc2Cl)cn1. The minimum Gasteiger partial charge on any atom is -0.368 e. The molecule has 0 fully saturated rings. The molecule has 0 aliphatic carbocycles. The van der Waals surface area contributed by atoms with E-state index in [0.717, 1.165) is 13.1 Å². The van der Waals surface area contributed by atoms with Crippen LogP contribution >= 0.6 is 11.6 Å². The predicted molar refractivity (Wildman–Crippen MR) is 88.5 cm³/mol. The van der Waals surface area contributed by atoms with Crippen molar-refractivity contribution in [3.05, 3.63) is 47.4 Å². The predicted octanol–water partition coefficient (Wildman–Crippen LogP) is 2.36. The van der Waals surface area contributed by atoms with Crippen molar-refractivity contribution < 1.29 is 4.79 Å². The molecule has 1 amide bonds. The highest BCUT2D eigenvalue weighted by Crippen LogP contribution is 2.20. The third kappa shape index (κ3) is 4.68. The van der Waals surface area contributed by atoms with Gasteiger partial charge in [0.1, 0.15) is 11.5 Å². The van der Waals surface area contributed by atoms with Gasteiger partial charge in [0, 0.05) is 13.1 Å². The van der Waals surface area contributed by atoms with Crippen LogP contribution < -0.4 is 10.6 Å². The Morgan fingerprint density at radius 2 is 2.00 bits per heavy atom.